The molecular formula is C22H21F3N3NaO5S. The zero-order chi connectivity index (χ0) is 25.3. The van der Waals surface area contributed by atoms with Crippen molar-refractivity contribution in [3.8, 4) is 22.7 Å². The molecule has 0 bridgehead atoms. The van der Waals surface area contributed by atoms with Gasteiger partial charge in [-0.2, -0.15) is 18.3 Å². The monoisotopic (exact) mass is 519 g/mol. The van der Waals surface area contributed by atoms with Gasteiger partial charge in [-0.15, -0.1) is 0 Å². The van der Waals surface area contributed by atoms with E-state index in [2.05, 4.69) is 9.82 Å². The molecule has 1 aromatic heterocycles. The third-order valence-electron chi connectivity index (χ3n) is 4.95. The van der Waals surface area contributed by atoms with Crippen molar-refractivity contribution in [2.45, 2.75) is 37.9 Å². The van der Waals surface area contributed by atoms with E-state index in [-0.39, 0.29) is 52.9 Å². The van der Waals surface area contributed by atoms with E-state index >= 15 is 0 Å². The summed E-state index contributed by atoms with van der Waals surface area (Å²) in [5.74, 6) is -0.319. The second-order valence-corrected chi connectivity index (χ2v) is 8.85. The first-order chi connectivity index (χ1) is 15.9. The van der Waals surface area contributed by atoms with E-state index in [0.717, 1.165) is 16.8 Å². The summed E-state index contributed by atoms with van der Waals surface area (Å²) < 4.78 is 74.7. The number of ether oxygens (including phenoxy) is 1. The third-order valence-corrected chi connectivity index (χ3v) is 6.35. The van der Waals surface area contributed by atoms with Gasteiger partial charge in [0.2, 0.25) is 0 Å². The number of benzene rings is 2. The van der Waals surface area contributed by atoms with Crippen molar-refractivity contribution in [2.24, 2.45) is 0 Å². The summed E-state index contributed by atoms with van der Waals surface area (Å²) in [6.45, 7) is 2.41. The van der Waals surface area contributed by atoms with Crippen LogP contribution in [0.15, 0.2) is 47.4 Å². The van der Waals surface area contributed by atoms with Crippen LogP contribution in [-0.2, 0) is 27.6 Å². The minimum absolute atomic E-state index is 0. The Kier molecular flexibility index (Phi) is 9.17. The predicted molar refractivity (Wildman–Crippen MR) is 117 cm³/mol. The Morgan fingerprint density at radius 2 is 1.86 bits per heavy atom. The Bertz CT molecular complexity index is 1340. The van der Waals surface area contributed by atoms with E-state index in [1.807, 2.05) is 0 Å². The summed E-state index contributed by atoms with van der Waals surface area (Å²) in [5.41, 5.74) is -0.0480. The second kappa shape index (κ2) is 11.1. The molecule has 0 fully saturated rings. The smallest absolute Gasteiger partial charge is 0.542 e. The Balaban J connectivity index is 0.00000432. The molecule has 0 aliphatic heterocycles. The van der Waals surface area contributed by atoms with Crippen molar-refractivity contribution in [1.82, 2.24) is 9.78 Å². The molecule has 0 atom stereocenters. The largest absolute Gasteiger partial charge is 1.00 e. The summed E-state index contributed by atoms with van der Waals surface area (Å²) in [7, 11) is -2.94. The number of sulfonamides is 1. The van der Waals surface area contributed by atoms with E-state index in [4.69, 9.17) is 4.74 Å². The van der Waals surface area contributed by atoms with Crippen LogP contribution >= 0.6 is 0 Å². The fourth-order valence-corrected chi connectivity index (χ4v) is 4.47. The van der Waals surface area contributed by atoms with Gasteiger partial charge < -0.3 is 19.4 Å². The molecule has 13 heteroatoms. The maximum absolute atomic E-state index is 13.5. The molecule has 0 aliphatic rings. The van der Waals surface area contributed by atoms with Crippen molar-refractivity contribution < 1.29 is 65.8 Å². The molecule has 0 unspecified atom stereocenters. The number of carbonyl (C=O) groups excluding carboxylic acids is 1. The predicted octanol–water partition coefficient (Wildman–Crippen LogP) is 1.37. The second-order valence-electron chi connectivity index (χ2n) is 7.27. The molecular weight excluding hydrogens is 498 g/mol. The van der Waals surface area contributed by atoms with Crippen LogP contribution in [0.2, 0.25) is 0 Å². The van der Waals surface area contributed by atoms with Crippen molar-refractivity contribution in [2.75, 3.05) is 7.11 Å². The molecule has 0 saturated carbocycles. The topological polar surface area (TPSA) is 113 Å². The number of halogens is 3. The van der Waals surface area contributed by atoms with Gasteiger partial charge in [0, 0.05) is 5.56 Å². The summed E-state index contributed by atoms with van der Waals surface area (Å²) >= 11 is 0. The number of hydrogen-bond donors (Lipinski definition) is 1. The number of methoxy groups -OCH3 is 1. The Hall–Kier alpha value is -2.38. The van der Waals surface area contributed by atoms with Crippen LogP contribution in [0.3, 0.4) is 0 Å². The zero-order valence-electron chi connectivity index (χ0n) is 19.4. The number of amides is 1. The van der Waals surface area contributed by atoms with Crippen LogP contribution in [0.25, 0.3) is 21.7 Å². The van der Waals surface area contributed by atoms with Gasteiger partial charge in [0.1, 0.15) is 15.8 Å². The summed E-state index contributed by atoms with van der Waals surface area (Å²) in [5, 5.41) is 13.4. The first kappa shape index (κ1) is 28.9. The molecule has 1 amide bonds. The quantitative estimate of drug-likeness (QED) is 0.472. The van der Waals surface area contributed by atoms with Gasteiger partial charge >= 0.3 is 35.7 Å². The summed E-state index contributed by atoms with van der Waals surface area (Å²) in [6.07, 6.45) is -4.87. The molecule has 3 rings (SSSR count). The fourth-order valence-electron chi connectivity index (χ4n) is 3.28. The van der Waals surface area contributed by atoms with Gasteiger partial charge in [-0.25, -0.2) is 13.1 Å². The summed E-state index contributed by atoms with van der Waals surface area (Å²) in [4.78, 5) is 11.1. The number of carbonyl (C=O) groups is 1. The Morgan fingerprint density at radius 3 is 2.40 bits per heavy atom. The average Bonchev–Trinajstić information content (AvgIpc) is 3.24. The number of aromatic nitrogens is 2. The van der Waals surface area contributed by atoms with Crippen molar-refractivity contribution in [3.63, 3.8) is 0 Å². The molecule has 3 aromatic rings. The number of aryl methyl sites for hydroxylation is 1. The molecule has 0 radical (unpaired) electrons. The van der Waals surface area contributed by atoms with Crippen LogP contribution in [-0.4, -0.2) is 36.3 Å². The number of hydrogen-bond acceptors (Lipinski definition) is 6. The van der Waals surface area contributed by atoms with E-state index in [0.29, 0.717) is 16.9 Å². The van der Waals surface area contributed by atoms with E-state index in [9.17, 15) is 31.5 Å². The average molecular weight is 519 g/mol. The number of aliphatic hydroxyl groups excluding tert-OH is 1. The van der Waals surface area contributed by atoms with E-state index in [1.165, 1.54) is 26.2 Å². The number of rotatable bonds is 7. The SMILES string of the molecule is CCC(=O)[N-]S(=O)(=O)c1ccc(-n2nc(C(F)(F)F)cc2-c2ccc(OC)c(C)c2)cc1CO.[Na+]. The maximum atomic E-state index is 13.5. The molecule has 0 saturated heterocycles. The normalized spacial score (nSPS) is 11.6. The molecule has 1 N–H and O–H groups in total. The van der Waals surface area contributed by atoms with Crippen molar-refractivity contribution >= 4 is 15.9 Å². The fraction of sp³-hybridized carbons (Fsp3) is 0.273. The minimum atomic E-state index is -4.73. The number of alkyl halides is 3. The minimum Gasteiger partial charge on any atom is -0.542 e. The molecule has 35 heavy (non-hydrogen) atoms. The van der Waals surface area contributed by atoms with Crippen LogP contribution in [0.1, 0.15) is 30.2 Å². The molecule has 1 heterocycles. The zero-order valence-corrected chi connectivity index (χ0v) is 22.2. The Morgan fingerprint density at radius 1 is 1.17 bits per heavy atom. The van der Waals surface area contributed by atoms with Crippen LogP contribution in [0.4, 0.5) is 13.2 Å². The van der Waals surface area contributed by atoms with Gasteiger partial charge in [0.05, 0.1) is 35.9 Å². The molecule has 0 spiro atoms. The molecule has 2 aromatic carbocycles. The van der Waals surface area contributed by atoms with Gasteiger partial charge in [-0.05, 0) is 66.9 Å². The van der Waals surface area contributed by atoms with Gasteiger partial charge in [0.15, 0.2) is 5.69 Å². The van der Waals surface area contributed by atoms with Crippen LogP contribution in [0, 0.1) is 6.92 Å². The maximum Gasteiger partial charge on any atom is 1.00 e. The van der Waals surface area contributed by atoms with Gasteiger partial charge in [0.25, 0.3) is 0 Å². The van der Waals surface area contributed by atoms with Crippen LogP contribution in [0.5, 0.6) is 5.75 Å². The number of aliphatic hydroxyl groups is 1. The first-order valence-electron chi connectivity index (χ1n) is 9.98. The van der Waals surface area contributed by atoms with Crippen molar-refractivity contribution in [1.29, 1.82) is 0 Å². The number of nitrogens with zero attached hydrogens (tertiary/aromatic N) is 3. The van der Waals surface area contributed by atoms with Crippen LogP contribution < -0.4 is 34.3 Å². The Labute approximate surface area is 222 Å². The molecule has 8 nitrogen and oxygen atoms in total. The van der Waals surface area contributed by atoms with E-state index in [1.54, 1.807) is 25.1 Å². The van der Waals surface area contributed by atoms with Gasteiger partial charge in [-0.1, -0.05) is 6.92 Å². The van der Waals surface area contributed by atoms with Gasteiger partial charge in [-0.3, -0.25) is 0 Å². The first-order valence-corrected chi connectivity index (χ1v) is 11.4. The third kappa shape index (κ3) is 6.25. The van der Waals surface area contributed by atoms with Crippen molar-refractivity contribution in [3.05, 3.63) is 64.0 Å². The summed E-state index contributed by atoms with van der Waals surface area (Å²) in [6, 6.07) is 9.17. The van der Waals surface area contributed by atoms with E-state index < -0.39 is 39.3 Å². The standard InChI is InChI=1S/C22H22F3N3O5S.Na/c1-4-21(30)27-34(31,32)19-8-6-16(10-15(19)12-29)28-17(11-20(26-28)22(23,24)25)14-5-7-18(33-3)13(2)9-14;/h5-11,29H,4,12H2,1-3H3,(H,27,30);/q;+1/p-1. The molecule has 182 valence electrons. The molecule has 0 aliphatic carbocycles.